The number of benzene rings is 1. The molecule has 1 fully saturated rings. The number of amides is 2. The fraction of sp³-hybridized carbons (Fsp3) is 0.450. The van der Waals surface area contributed by atoms with Crippen LogP contribution in [0.15, 0.2) is 28.7 Å². The third kappa shape index (κ3) is 4.90. The third-order valence-electron chi connectivity index (χ3n) is 4.40. The minimum atomic E-state index is -0.582. The van der Waals surface area contributed by atoms with Gasteiger partial charge in [0.1, 0.15) is 5.60 Å². The van der Waals surface area contributed by atoms with Crippen LogP contribution in [-0.2, 0) is 4.74 Å². The number of nitriles is 1. The van der Waals surface area contributed by atoms with Gasteiger partial charge in [-0.25, -0.2) is 4.79 Å². The topological polar surface area (TPSA) is 121 Å². The lowest BCUT2D eigenvalue weighted by atomic mass is 10.1. The Labute approximate surface area is 168 Å². The number of ether oxygens (including phenoxy) is 1. The van der Waals surface area contributed by atoms with Crippen molar-refractivity contribution in [2.24, 2.45) is 0 Å². The molecule has 2 atom stereocenters. The number of likely N-dealkylation sites (tertiary alicyclic amines) is 1. The number of nitrogens with zero attached hydrogens (tertiary/aromatic N) is 4. The van der Waals surface area contributed by atoms with Crippen molar-refractivity contribution < 1.29 is 18.7 Å². The molecule has 2 amide bonds. The van der Waals surface area contributed by atoms with Crippen molar-refractivity contribution in [3.8, 4) is 17.5 Å². The van der Waals surface area contributed by atoms with Crippen molar-refractivity contribution in [2.75, 3.05) is 6.54 Å². The summed E-state index contributed by atoms with van der Waals surface area (Å²) in [7, 11) is 0. The Morgan fingerprint density at radius 2 is 2.10 bits per heavy atom. The lowest BCUT2D eigenvalue weighted by Gasteiger charge is -2.26. The van der Waals surface area contributed by atoms with Crippen LogP contribution in [0.2, 0.25) is 0 Å². The van der Waals surface area contributed by atoms with Gasteiger partial charge in [-0.15, -0.1) is 10.2 Å². The molecule has 3 rings (SSSR count). The SMILES string of the molecule is CC1CC(NC(=O)c2nnc(-c3cccc(C#N)c3)o2)CN1C(=O)OC(C)(C)C. The standard InChI is InChI=1S/C20H23N5O4/c1-12-8-15(11-25(12)19(27)29-20(2,3)4)22-16(26)18-24-23-17(28-18)14-7-5-6-13(9-14)10-21/h5-7,9,12,15H,8,11H2,1-4H3,(H,22,26). The van der Waals surface area contributed by atoms with E-state index in [0.717, 1.165) is 0 Å². The van der Waals surface area contributed by atoms with Gasteiger partial charge in [0.2, 0.25) is 5.89 Å². The fourth-order valence-electron chi connectivity index (χ4n) is 3.11. The molecule has 1 N–H and O–H groups in total. The van der Waals surface area contributed by atoms with Crippen molar-refractivity contribution in [3.05, 3.63) is 35.7 Å². The van der Waals surface area contributed by atoms with Gasteiger partial charge in [-0.05, 0) is 52.3 Å². The van der Waals surface area contributed by atoms with Crippen LogP contribution < -0.4 is 5.32 Å². The maximum Gasteiger partial charge on any atom is 0.410 e. The van der Waals surface area contributed by atoms with Gasteiger partial charge < -0.3 is 19.4 Å². The summed E-state index contributed by atoms with van der Waals surface area (Å²) >= 11 is 0. The molecule has 1 aromatic carbocycles. The number of nitrogens with one attached hydrogen (secondary N) is 1. The molecule has 9 heteroatoms. The quantitative estimate of drug-likeness (QED) is 0.845. The van der Waals surface area contributed by atoms with E-state index >= 15 is 0 Å². The lowest BCUT2D eigenvalue weighted by molar-refractivity contribution is 0.0235. The first-order valence-electron chi connectivity index (χ1n) is 9.31. The summed E-state index contributed by atoms with van der Waals surface area (Å²) in [6.45, 7) is 7.68. The molecule has 0 aliphatic carbocycles. The molecule has 0 spiro atoms. The van der Waals surface area contributed by atoms with E-state index in [4.69, 9.17) is 14.4 Å². The molecular weight excluding hydrogens is 374 g/mol. The first kappa shape index (κ1) is 20.3. The number of hydrogen-bond acceptors (Lipinski definition) is 7. The highest BCUT2D eigenvalue weighted by Crippen LogP contribution is 2.22. The highest BCUT2D eigenvalue weighted by Gasteiger charge is 2.36. The molecule has 0 saturated carbocycles. The Kier molecular flexibility index (Phi) is 5.55. The van der Waals surface area contributed by atoms with E-state index in [0.29, 0.717) is 24.1 Å². The van der Waals surface area contributed by atoms with Crippen molar-refractivity contribution in [1.29, 1.82) is 5.26 Å². The molecule has 9 nitrogen and oxygen atoms in total. The summed E-state index contributed by atoms with van der Waals surface area (Å²) in [4.78, 5) is 26.4. The van der Waals surface area contributed by atoms with E-state index in [2.05, 4.69) is 15.5 Å². The highest BCUT2D eigenvalue weighted by atomic mass is 16.6. The average molecular weight is 397 g/mol. The molecular formula is C20H23N5O4. The van der Waals surface area contributed by atoms with Crippen LogP contribution in [0.25, 0.3) is 11.5 Å². The highest BCUT2D eigenvalue weighted by molar-refractivity contribution is 5.90. The Morgan fingerprint density at radius 3 is 2.79 bits per heavy atom. The largest absolute Gasteiger partial charge is 0.444 e. The zero-order valence-electron chi connectivity index (χ0n) is 16.8. The third-order valence-corrected chi connectivity index (χ3v) is 4.40. The van der Waals surface area contributed by atoms with E-state index in [1.54, 1.807) is 29.2 Å². The molecule has 2 heterocycles. The summed E-state index contributed by atoms with van der Waals surface area (Å²) in [6, 6.07) is 8.39. The summed E-state index contributed by atoms with van der Waals surface area (Å²) < 4.78 is 10.9. The van der Waals surface area contributed by atoms with Gasteiger partial charge >= 0.3 is 17.9 Å². The number of aromatic nitrogens is 2. The Balaban J connectivity index is 1.63. The lowest BCUT2D eigenvalue weighted by Crippen LogP contribution is -2.41. The van der Waals surface area contributed by atoms with Crippen LogP contribution >= 0.6 is 0 Å². The molecule has 2 aromatic rings. The first-order chi connectivity index (χ1) is 13.7. The van der Waals surface area contributed by atoms with Crippen LogP contribution in [0, 0.1) is 11.3 Å². The van der Waals surface area contributed by atoms with E-state index in [-0.39, 0.29) is 23.9 Å². The predicted molar refractivity (Wildman–Crippen MR) is 103 cm³/mol. The molecule has 1 aromatic heterocycles. The van der Waals surface area contributed by atoms with Gasteiger partial charge in [0.15, 0.2) is 0 Å². The molecule has 0 bridgehead atoms. The van der Waals surface area contributed by atoms with E-state index < -0.39 is 17.6 Å². The van der Waals surface area contributed by atoms with E-state index in [1.807, 2.05) is 33.8 Å². The van der Waals surface area contributed by atoms with Crippen molar-refractivity contribution >= 4 is 12.0 Å². The summed E-state index contributed by atoms with van der Waals surface area (Å²) in [5.41, 5.74) is 0.427. The normalized spacial score (nSPS) is 18.9. The van der Waals surface area contributed by atoms with Gasteiger partial charge in [0.05, 0.1) is 11.6 Å². The molecule has 0 radical (unpaired) electrons. The second-order valence-electron chi connectivity index (χ2n) is 7.99. The summed E-state index contributed by atoms with van der Waals surface area (Å²) in [6.07, 6.45) is 0.190. The molecule has 1 saturated heterocycles. The smallest absolute Gasteiger partial charge is 0.410 e. The Bertz CT molecular complexity index is 956. The zero-order chi connectivity index (χ0) is 21.2. The Morgan fingerprint density at radius 1 is 1.34 bits per heavy atom. The van der Waals surface area contributed by atoms with Crippen molar-refractivity contribution in [3.63, 3.8) is 0 Å². The van der Waals surface area contributed by atoms with Gasteiger partial charge in [-0.2, -0.15) is 5.26 Å². The van der Waals surface area contributed by atoms with E-state index in [1.165, 1.54) is 0 Å². The van der Waals surface area contributed by atoms with Crippen LogP contribution in [0.1, 0.15) is 50.4 Å². The van der Waals surface area contributed by atoms with Gasteiger partial charge in [-0.3, -0.25) is 4.79 Å². The van der Waals surface area contributed by atoms with Crippen molar-refractivity contribution in [2.45, 2.75) is 51.8 Å². The minimum absolute atomic E-state index is 0.0675. The summed E-state index contributed by atoms with van der Waals surface area (Å²) in [5.74, 6) is -0.531. The van der Waals surface area contributed by atoms with Crippen LogP contribution in [0.3, 0.4) is 0 Å². The molecule has 1 aliphatic rings. The zero-order valence-corrected chi connectivity index (χ0v) is 16.8. The number of carbonyl (C=O) groups excluding carboxylic acids is 2. The average Bonchev–Trinajstić information content (AvgIpc) is 3.27. The van der Waals surface area contributed by atoms with Gasteiger partial charge in [0.25, 0.3) is 0 Å². The fourth-order valence-corrected chi connectivity index (χ4v) is 3.11. The molecule has 29 heavy (non-hydrogen) atoms. The van der Waals surface area contributed by atoms with Crippen LogP contribution in [-0.4, -0.2) is 51.3 Å². The van der Waals surface area contributed by atoms with Gasteiger partial charge in [-0.1, -0.05) is 6.07 Å². The van der Waals surface area contributed by atoms with Crippen LogP contribution in [0.4, 0.5) is 4.79 Å². The second kappa shape index (κ2) is 7.91. The van der Waals surface area contributed by atoms with Crippen molar-refractivity contribution in [1.82, 2.24) is 20.4 Å². The number of carbonyl (C=O) groups is 2. The molecule has 152 valence electrons. The minimum Gasteiger partial charge on any atom is -0.444 e. The monoisotopic (exact) mass is 397 g/mol. The number of rotatable bonds is 3. The second-order valence-corrected chi connectivity index (χ2v) is 7.99. The molecule has 1 aliphatic heterocycles. The summed E-state index contributed by atoms with van der Waals surface area (Å²) in [5, 5.41) is 19.5. The maximum absolute atomic E-state index is 12.5. The van der Waals surface area contributed by atoms with E-state index in [9.17, 15) is 9.59 Å². The Hall–Kier alpha value is -3.41. The van der Waals surface area contributed by atoms with Crippen LogP contribution in [0.5, 0.6) is 0 Å². The first-order valence-corrected chi connectivity index (χ1v) is 9.31. The number of hydrogen-bond donors (Lipinski definition) is 1. The predicted octanol–water partition coefficient (Wildman–Crippen LogP) is 2.74. The maximum atomic E-state index is 12.5. The van der Waals surface area contributed by atoms with Gasteiger partial charge in [0, 0.05) is 24.2 Å². The molecule has 2 unspecified atom stereocenters.